The van der Waals surface area contributed by atoms with Crippen molar-refractivity contribution in [3.63, 3.8) is 0 Å². The molecule has 0 amide bonds. The molecule has 0 bridgehead atoms. The topological polar surface area (TPSA) is 0 Å². The van der Waals surface area contributed by atoms with Gasteiger partial charge in [0.05, 0.1) is 5.56 Å². The van der Waals surface area contributed by atoms with Crippen molar-refractivity contribution in [2.45, 2.75) is 19.8 Å². The standard InChI is InChI=1S/C27H19F3/c1-2-3-18-6-13-25(27(30)15-18)23-10-9-20(26(29)17-23)7-4-19-5-8-22-16-24(28)12-11-21(22)14-19/h5-6,8-17H,2-3H2,1H3. The molecule has 0 nitrogen and oxygen atoms in total. The number of fused-ring (bicyclic) bond motifs is 1. The molecule has 0 heterocycles. The van der Waals surface area contributed by atoms with Crippen LogP contribution in [0.1, 0.15) is 30.0 Å². The average Bonchev–Trinajstić information content (AvgIpc) is 2.73. The highest BCUT2D eigenvalue weighted by Crippen LogP contribution is 2.26. The maximum absolute atomic E-state index is 14.6. The van der Waals surface area contributed by atoms with Crippen molar-refractivity contribution < 1.29 is 13.2 Å². The van der Waals surface area contributed by atoms with Crippen molar-refractivity contribution in [2.24, 2.45) is 0 Å². The van der Waals surface area contributed by atoms with Crippen molar-refractivity contribution in [3.05, 3.63) is 107 Å². The molecule has 0 unspecified atom stereocenters. The normalized spacial score (nSPS) is 10.7. The molecule has 3 heteroatoms. The van der Waals surface area contributed by atoms with Gasteiger partial charge in [0.2, 0.25) is 0 Å². The maximum atomic E-state index is 14.6. The Morgan fingerprint density at radius 2 is 1.50 bits per heavy atom. The van der Waals surface area contributed by atoms with E-state index in [0.717, 1.165) is 29.2 Å². The predicted molar refractivity (Wildman–Crippen MR) is 116 cm³/mol. The van der Waals surface area contributed by atoms with Crippen molar-refractivity contribution in [1.29, 1.82) is 0 Å². The summed E-state index contributed by atoms with van der Waals surface area (Å²) in [7, 11) is 0. The molecule has 0 fully saturated rings. The third-order valence-corrected chi connectivity index (χ3v) is 5.00. The van der Waals surface area contributed by atoms with E-state index in [-0.39, 0.29) is 17.2 Å². The summed E-state index contributed by atoms with van der Waals surface area (Å²) < 4.78 is 42.3. The van der Waals surface area contributed by atoms with Gasteiger partial charge in [-0.3, -0.25) is 0 Å². The number of aryl methyl sites for hydroxylation is 1. The van der Waals surface area contributed by atoms with Gasteiger partial charge >= 0.3 is 0 Å². The molecule has 0 aliphatic rings. The Bertz CT molecular complexity index is 1290. The molecule has 4 aromatic rings. The lowest BCUT2D eigenvalue weighted by molar-refractivity contribution is 0.621. The molecular formula is C27H19F3. The molecule has 4 rings (SSSR count). The number of halogens is 3. The first kappa shape index (κ1) is 19.8. The lowest BCUT2D eigenvalue weighted by Gasteiger charge is -2.07. The Morgan fingerprint density at radius 1 is 0.700 bits per heavy atom. The summed E-state index contributed by atoms with van der Waals surface area (Å²) in [6, 6.07) is 19.6. The monoisotopic (exact) mass is 400 g/mol. The number of hydrogen-bond acceptors (Lipinski definition) is 0. The lowest BCUT2D eigenvalue weighted by atomic mass is 10.00. The molecule has 4 aromatic carbocycles. The average molecular weight is 400 g/mol. The molecule has 0 atom stereocenters. The second kappa shape index (κ2) is 8.47. The fraction of sp³-hybridized carbons (Fsp3) is 0.111. The first-order chi connectivity index (χ1) is 14.5. The Kier molecular flexibility index (Phi) is 5.59. The summed E-state index contributed by atoms with van der Waals surface area (Å²) in [4.78, 5) is 0. The van der Waals surface area contributed by atoms with Crippen LogP contribution in [0, 0.1) is 29.3 Å². The van der Waals surface area contributed by atoms with E-state index in [4.69, 9.17) is 0 Å². The minimum atomic E-state index is -0.500. The third-order valence-electron chi connectivity index (χ3n) is 5.00. The summed E-state index contributed by atoms with van der Waals surface area (Å²) in [5.41, 5.74) is 2.72. The number of benzene rings is 4. The van der Waals surface area contributed by atoms with Crippen molar-refractivity contribution in [3.8, 4) is 23.0 Å². The largest absolute Gasteiger partial charge is 0.207 e. The zero-order valence-corrected chi connectivity index (χ0v) is 16.5. The molecule has 0 aliphatic carbocycles. The first-order valence-electron chi connectivity index (χ1n) is 9.83. The van der Waals surface area contributed by atoms with Crippen LogP contribution < -0.4 is 0 Å². The minimum Gasteiger partial charge on any atom is -0.207 e. The van der Waals surface area contributed by atoms with E-state index in [0.29, 0.717) is 16.7 Å². The maximum Gasteiger partial charge on any atom is 0.139 e. The highest BCUT2D eigenvalue weighted by molar-refractivity contribution is 5.84. The third kappa shape index (κ3) is 4.23. The molecule has 30 heavy (non-hydrogen) atoms. The molecule has 0 spiro atoms. The molecule has 0 aromatic heterocycles. The Morgan fingerprint density at radius 3 is 2.27 bits per heavy atom. The van der Waals surface area contributed by atoms with E-state index in [1.165, 1.54) is 24.3 Å². The van der Waals surface area contributed by atoms with Gasteiger partial charge in [-0.25, -0.2) is 13.2 Å². The van der Waals surface area contributed by atoms with E-state index in [1.54, 1.807) is 36.4 Å². The molecular weight excluding hydrogens is 381 g/mol. The first-order valence-corrected chi connectivity index (χ1v) is 9.83. The van der Waals surface area contributed by atoms with Gasteiger partial charge in [-0.05, 0) is 70.8 Å². The van der Waals surface area contributed by atoms with Gasteiger partial charge in [0.15, 0.2) is 0 Å². The van der Waals surface area contributed by atoms with Crippen molar-refractivity contribution >= 4 is 10.8 Å². The van der Waals surface area contributed by atoms with Gasteiger partial charge in [0, 0.05) is 11.1 Å². The Labute approximate surface area is 174 Å². The number of rotatable bonds is 3. The van der Waals surface area contributed by atoms with E-state index in [9.17, 15) is 13.2 Å². The van der Waals surface area contributed by atoms with Crippen molar-refractivity contribution in [2.75, 3.05) is 0 Å². The van der Waals surface area contributed by atoms with Crippen LogP contribution in [0.5, 0.6) is 0 Å². The lowest BCUT2D eigenvalue weighted by Crippen LogP contribution is -1.91. The smallest absolute Gasteiger partial charge is 0.139 e. The van der Waals surface area contributed by atoms with E-state index >= 15 is 0 Å². The van der Waals surface area contributed by atoms with Gasteiger partial charge in [0.1, 0.15) is 17.5 Å². The molecule has 0 saturated carbocycles. The van der Waals surface area contributed by atoms with E-state index in [1.807, 2.05) is 19.1 Å². The molecule has 0 N–H and O–H groups in total. The summed E-state index contributed by atoms with van der Waals surface area (Å²) in [6.07, 6.45) is 1.75. The Hall–Kier alpha value is -3.51. The van der Waals surface area contributed by atoms with Crippen LogP contribution in [0.2, 0.25) is 0 Å². The highest BCUT2D eigenvalue weighted by Gasteiger charge is 2.09. The molecule has 148 valence electrons. The molecule has 0 radical (unpaired) electrons. The van der Waals surface area contributed by atoms with Crippen LogP contribution >= 0.6 is 0 Å². The summed E-state index contributed by atoms with van der Waals surface area (Å²) in [5, 5.41) is 1.64. The zero-order chi connectivity index (χ0) is 21.1. The molecule has 0 saturated heterocycles. The number of hydrogen-bond donors (Lipinski definition) is 0. The fourth-order valence-electron chi connectivity index (χ4n) is 3.45. The second-order valence-electron chi connectivity index (χ2n) is 7.22. The second-order valence-corrected chi connectivity index (χ2v) is 7.22. The van der Waals surface area contributed by atoms with Crippen LogP contribution in [0.25, 0.3) is 21.9 Å². The van der Waals surface area contributed by atoms with Crippen LogP contribution in [0.3, 0.4) is 0 Å². The SMILES string of the molecule is CCCc1ccc(-c2ccc(C#Cc3ccc4cc(F)ccc4c3)c(F)c2)c(F)c1. The van der Waals surface area contributed by atoms with Crippen LogP contribution in [0.15, 0.2) is 72.8 Å². The van der Waals surface area contributed by atoms with Crippen molar-refractivity contribution in [1.82, 2.24) is 0 Å². The predicted octanol–water partition coefficient (Wildman–Crippen LogP) is 7.28. The Balaban J connectivity index is 1.61. The van der Waals surface area contributed by atoms with Crippen LogP contribution in [-0.2, 0) is 6.42 Å². The fourth-order valence-corrected chi connectivity index (χ4v) is 3.45. The summed E-state index contributed by atoms with van der Waals surface area (Å²) >= 11 is 0. The van der Waals surface area contributed by atoms with Gasteiger partial charge in [-0.1, -0.05) is 55.5 Å². The molecule has 0 aliphatic heterocycles. The quantitative estimate of drug-likeness (QED) is 0.317. The van der Waals surface area contributed by atoms with E-state index in [2.05, 4.69) is 11.8 Å². The van der Waals surface area contributed by atoms with Gasteiger partial charge in [-0.2, -0.15) is 0 Å². The van der Waals surface area contributed by atoms with Gasteiger partial charge in [0.25, 0.3) is 0 Å². The van der Waals surface area contributed by atoms with Crippen LogP contribution in [-0.4, -0.2) is 0 Å². The summed E-state index contributed by atoms with van der Waals surface area (Å²) in [6.45, 7) is 2.04. The van der Waals surface area contributed by atoms with Gasteiger partial charge in [-0.15, -0.1) is 0 Å². The zero-order valence-electron chi connectivity index (χ0n) is 16.5. The van der Waals surface area contributed by atoms with Gasteiger partial charge < -0.3 is 0 Å². The van der Waals surface area contributed by atoms with Crippen LogP contribution in [0.4, 0.5) is 13.2 Å². The summed E-state index contributed by atoms with van der Waals surface area (Å²) in [5.74, 6) is 4.63. The minimum absolute atomic E-state index is 0.237. The van der Waals surface area contributed by atoms with E-state index < -0.39 is 5.82 Å². The highest BCUT2D eigenvalue weighted by atomic mass is 19.1.